The monoisotopic (exact) mass is 431 g/mol. The maximum absolute atomic E-state index is 13.1. The standard InChI is InChI=1S/C23H33N3O5/c1-7-25(14-13-19(28)31-8-2)18(27)15-26-20(29)23(6,24-21(26)30)17-11-9-16(10-12-17)22(3,4)5/h9-12H,7-8,13-15H2,1-6H3,(H,24,30). The summed E-state index contributed by atoms with van der Waals surface area (Å²) in [7, 11) is 0. The summed E-state index contributed by atoms with van der Waals surface area (Å²) in [4.78, 5) is 52.3. The fourth-order valence-corrected chi connectivity index (χ4v) is 3.49. The highest BCUT2D eigenvalue weighted by atomic mass is 16.5. The van der Waals surface area contributed by atoms with E-state index < -0.39 is 29.4 Å². The van der Waals surface area contributed by atoms with E-state index in [-0.39, 0.29) is 31.5 Å². The van der Waals surface area contributed by atoms with E-state index >= 15 is 0 Å². The number of carbonyl (C=O) groups excluding carboxylic acids is 4. The van der Waals surface area contributed by atoms with Gasteiger partial charge < -0.3 is 15.0 Å². The maximum Gasteiger partial charge on any atom is 0.325 e. The Kier molecular flexibility index (Phi) is 7.46. The predicted octanol–water partition coefficient (Wildman–Crippen LogP) is 2.55. The van der Waals surface area contributed by atoms with Gasteiger partial charge in [0.25, 0.3) is 5.91 Å². The van der Waals surface area contributed by atoms with Crippen molar-refractivity contribution in [1.82, 2.24) is 15.1 Å². The maximum atomic E-state index is 13.1. The number of imide groups is 1. The number of amides is 4. The molecule has 4 amide bonds. The second-order valence-corrected chi connectivity index (χ2v) is 8.80. The number of carbonyl (C=O) groups is 4. The Morgan fingerprint density at radius 3 is 2.26 bits per heavy atom. The van der Waals surface area contributed by atoms with Crippen LogP contribution in [0.2, 0.25) is 0 Å². The zero-order valence-corrected chi connectivity index (χ0v) is 19.3. The zero-order chi connectivity index (χ0) is 23.4. The molecule has 1 atom stereocenters. The quantitative estimate of drug-likeness (QED) is 0.504. The Balaban J connectivity index is 2.11. The molecule has 0 aromatic heterocycles. The molecule has 0 aliphatic carbocycles. The highest BCUT2D eigenvalue weighted by Crippen LogP contribution is 2.31. The number of esters is 1. The van der Waals surface area contributed by atoms with Crippen LogP contribution >= 0.6 is 0 Å². The van der Waals surface area contributed by atoms with Crippen LogP contribution in [0.1, 0.15) is 59.1 Å². The van der Waals surface area contributed by atoms with Gasteiger partial charge in [0.15, 0.2) is 0 Å². The first-order chi connectivity index (χ1) is 14.4. The van der Waals surface area contributed by atoms with Crippen LogP contribution in [0, 0.1) is 0 Å². The average Bonchev–Trinajstić information content (AvgIpc) is 2.92. The summed E-state index contributed by atoms with van der Waals surface area (Å²) in [5.74, 6) is -1.27. The van der Waals surface area contributed by atoms with E-state index in [2.05, 4.69) is 26.1 Å². The molecule has 1 heterocycles. The van der Waals surface area contributed by atoms with Gasteiger partial charge in [-0.05, 0) is 37.3 Å². The van der Waals surface area contributed by atoms with Gasteiger partial charge in [0.05, 0.1) is 13.0 Å². The molecule has 0 radical (unpaired) electrons. The first-order valence-electron chi connectivity index (χ1n) is 10.6. The molecule has 1 aliphatic heterocycles. The van der Waals surface area contributed by atoms with Gasteiger partial charge in [-0.15, -0.1) is 0 Å². The Morgan fingerprint density at radius 2 is 1.74 bits per heavy atom. The van der Waals surface area contributed by atoms with Crippen LogP contribution in [-0.2, 0) is 30.1 Å². The SMILES string of the molecule is CCOC(=O)CCN(CC)C(=O)CN1C(=O)NC(C)(c2ccc(C(C)(C)C)cc2)C1=O. The topological polar surface area (TPSA) is 96.0 Å². The summed E-state index contributed by atoms with van der Waals surface area (Å²) in [6.07, 6.45) is 0.0609. The highest BCUT2D eigenvalue weighted by Gasteiger charge is 2.49. The molecule has 1 aliphatic rings. The molecule has 8 nitrogen and oxygen atoms in total. The lowest BCUT2D eigenvalue weighted by atomic mass is 9.84. The Hall–Kier alpha value is -2.90. The molecule has 31 heavy (non-hydrogen) atoms. The molecule has 0 spiro atoms. The number of hydrogen-bond acceptors (Lipinski definition) is 5. The molecule has 1 unspecified atom stereocenters. The second-order valence-electron chi connectivity index (χ2n) is 8.80. The molecule has 1 aromatic rings. The Bertz CT molecular complexity index is 844. The van der Waals surface area contributed by atoms with E-state index in [1.807, 2.05) is 24.3 Å². The fraction of sp³-hybridized carbons (Fsp3) is 0.565. The average molecular weight is 432 g/mol. The summed E-state index contributed by atoms with van der Waals surface area (Å²) in [6.45, 7) is 11.8. The summed E-state index contributed by atoms with van der Waals surface area (Å²) in [6, 6.07) is 6.95. The predicted molar refractivity (Wildman–Crippen MR) is 116 cm³/mol. The van der Waals surface area contributed by atoms with Crippen LogP contribution in [0.5, 0.6) is 0 Å². The van der Waals surface area contributed by atoms with Gasteiger partial charge in [-0.2, -0.15) is 0 Å². The minimum absolute atomic E-state index is 0.0337. The molecule has 8 heteroatoms. The van der Waals surface area contributed by atoms with E-state index in [0.29, 0.717) is 12.1 Å². The van der Waals surface area contributed by atoms with Gasteiger partial charge in [0.2, 0.25) is 5.91 Å². The number of urea groups is 1. The van der Waals surface area contributed by atoms with Crippen LogP contribution in [-0.4, -0.2) is 59.9 Å². The van der Waals surface area contributed by atoms with Gasteiger partial charge in [-0.1, -0.05) is 45.0 Å². The lowest BCUT2D eigenvalue weighted by Gasteiger charge is -2.25. The van der Waals surface area contributed by atoms with Crippen molar-refractivity contribution in [2.75, 3.05) is 26.2 Å². The van der Waals surface area contributed by atoms with Gasteiger partial charge in [0.1, 0.15) is 12.1 Å². The van der Waals surface area contributed by atoms with Gasteiger partial charge >= 0.3 is 12.0 Å². The van der Waals surface area contributed by atoms with Crippen molar-refractivity contribution < 1.29 is 23.9 Å². The van der Waals surface area contributed by atoms with Crippen molar-refractivity contribution >= 4 is 23.8 Å². The van der Waals surface area contributed by atoms with E-state index in [0.717, 1.165) is 10.5 Å². The van der Waals surface area contributed by atoms with Crippen LogP contribution in [0.3, 0.4) is 0 Å². The second kappa shape index (κ2) is 9.49. The molecule has 1 aromatic carbocycles. The van der Waals surface area contributed by atoms with Crippen LogP contribution in [0.4, 0.5) is 4.79 Å². The van der Waals surface area contributed by atoms with Crippen molar-refractivity contribution in [1.29, 1.82) is 0 Å². The number of nitrogens with one attached hydrogen (secondary N) is 1. The molecule has 1 N–H and O–H groups in total. The lowest BCUT2D eigenvalue weighted by molar-refractivity contribution is -0.144. The van der Waals surface area contributed by atoms with Crippen molar-refractivity contribution in [3.8, 4) is 0 Å². The highest BCUT2D eigenvalue weighted by molar-refractivity contribution is 6.09. The fourth-order valence-electron chi connectivity index (χ4n) is 3.49. The minimum atomic E-state index is -1.24. The van der Waals surface area contributed by atoms with E-state index in [1.165, 1.54) is 4.90 Å². The summed E-state index contributed by atoms with van der Waals surface area (Å²) < 4.78 is 4.88. The van der Waals surface area contributed by atoms with Gasteiger partial charge in [-0.3, -0.25) is 19.3 Å². The normalized spacial score (nSPS) is 18.7. The van der Waals surface area contributed by atoms with Gasteiger partial charge in [0, 0.05) is 13.1 Å². The molecule has 0 saturated carbocycles. The third-order valence-electron chi connectivity index (χ3n) is 5.52. The van der Waals surface area contributed by atoms with Crippen molar-refractivity contribution in [3.05, 3.63) is 35.4 Å². The first-order valence-corrected chi connectivity index (χ1v) is 10.6. The van der Waals surface area contributed by atoms with E-state index in [4.69, 9.17) is 4.74 Å². The Morgan fingerprint density at radius 1 is 1.13 bits per heavy atom. The molecule has 170 valence electrons. The number of ether oxygens (including phenoxy) is 1. The van der Waals surface area contributed by atoms with Crippen molar-refractivity contribution in [3.63, 3.8) is 0 Å². The summed E-state index contributed by atoms with van der Waals surface area (Å²) in [5, 5.41) is 2.73. The molecule has 0 bridgehead atoms. The zero-order valence-electron chi connectivity index (χ0n) is 19.3. The van der Waals surface area contributed by atoms with Gasteiger partial charge in [-0.25, -0.2) is 4.79 Å². The van der Waals surface area contributed by atoms with Crippen LogP contribution in [0.25, 0.3) is 0 Å². The molecule has 2 rings (SSSR count). The Labute approximate surface area is 183 Å². The van der Waals surface area contributed by atoms with Crippen LogP contribution < -0.4 is 5.32 Å². The lowest BCUT2D eigenvalue weighted by Crippen LogP contribution is -2.45. The summed E-state index contributed by atoms with van der Waals surface area (Å²) >= 11 is 0. The number of benzene rings is 1. The van der Waals surface area contributed by atoms with Crippen molar-refractivity contribution in [2.24, 2.45) is 0 Å². The molecular formula is C23H33N3O5. The summed E-state index contributed by atoms with van der Waals surface area (Å²) in [5.41, 5.74) is 0.497. The molecule has 1 saturated heterocycles. The minimum Gasteiger partial charge on any atom is -0.466 e. The largest absolute Gasteiger partial charge is 0.466 e. The third kappa shape index (κ3) is 5.42. The number of nitrogens with zero attached hydrogens (tertiary/aromatic N) is 2. The van der Waals surface area contributed by atoms with Crippen LogP contribution in [0.15, 0.2) is 24.3 Å². The molecule has 1 fully saturated rings. The number of hydrogen-bond donors (Lipinski definition) is 1. The third-order valence-corrected chi connectivity index (χ3v) is 5.52. The molecular weight excluding hydrogens is 398 g/mol. The smallest absolute Gasteiger partial charge is 0.325 e. The first kappa shape index (κ1) is 24.4. The number of rotatable bonds is 8. The van der Waals surface area contributed by atoms with Crippen molar-refractivity contribution in [2.45, 2.75) is 58.9 Å². The van der Waals surface area contributed by atoms with E-state index in [1.54, 1.807) is 20.8 Å². The van der Waals surface area contributed by atoms with E-state index in [9.17, 15) is 19.2 Å². The number of likely N-dealkylation sites (N-methyl/N-ethyl adjacent to an activating group) is 1.